The Hall–Kier alpha value is 0.274. The van der Waals surface area contributed by atoms with Crippen LogP contribution < -0.4 is 0 Å². The smallest absolute Gasteiger partial charge is 0.134 e. The molecule has 0 unspecified atom stereocenters. The van der Waals surface area contributed by atoms with Crippen LogP contribution in [0.3, 0.4) is 0 Å². The van der Waals surface area contributed by atoms with Crippen molar-refractivity contribution in [2.75, 3.05) is 40.5 Å². The number of methoxy groups -OCH3 is 2. The van der Waals surface area contributed by atoms with Gasteiger partial charge in [-0.3, -0.25) is 4.90 Å². The minimum atomic E-state index is -1.11. The Kier molecular flexibility index (Phi) is 7.78. The molecular formula is C13H32N2O2Si2. The molecule has 0 saturated carbocycles. The maximum atomic E-state index is 5.28. The average molecular weight is 305 g/mol. The molecule has 19 heavy (non-hydrogen) atoms. The molecule has 1 aliphatic heterocycles. The van der Waals surface area contributed by atoms with Crippen molar-refractivity contribution in [3.8, 4) is 0 Å². The Labute approximate surface area is 122 Å². The standard InChI is InChI=1S/C13H32N2O2Si2/c1-16-13(17-2)18-11-7-9-14-8-6-10-15(12-14)19(3,4)5/h13H,6-12,18H2,1-5H3. The van der Waals surface area contributed by atoms with Crippen LogP contribution in [0, 0.1) is 0 Å². The highest BCUT2D eigenvalue weighted by molar-refractivity contribution is 6.73. The highest BCUT2D eigenvalue weighted by atomic mass is 28.3. The minimum absolute atomic E-state index is 0.111. The van der Waals surface area contributed by atoms with Gasteiger partial charge < -0.3 is 14.0 Å². The summed E-state index contributed by atoms with van der Waals surface area (Å²) in [4.78, 5) is 2.63. The van der Waals surface area contributed by atoms with E-state index in [0.29, 0.717) is 0 Å². The van der Waals surface area contributed by atoms with Gasteiger partial charge in [0.05, 0.1) is 9.52 Å². The Morgan fingerprint density at radius 2 is 1.84 bits per heavy atom. The van der Waals surface area contributed by atoms with Crippen LogP contribution >= 0.6 is 0 Å². The predicted octanol–water partition coefficient (Wildman–Crippen LogP) is 1.34. The van der Waals surface area contributed by atoms with Gasteiger partial charge in [-0.1, -0.05) is 25.7 Å². The Morgan fingerprint density at radius 3 is 2.42 bits per heavy atom. The van der Waals surface area contributed by atoms with Crippen LogP contribution in [0.15, 0.2) is 0 Å². The third kappa shape index (κ3) is 6.51. The van der Waals surface area contributed by atoms with Gasteiger partial charge >= 0.3 is 0 Å². The van der Waals surface area contributed by atoms with Crippen molar-refractivity contribution in [1.29, 1.82) is 0 Å². The van der Waals surface area contributed by atoms with Crippen LogP contribution in [0.5, 0.6) is 0 Å². The van der Waals surface area contributed by atoms with Crippen LogP contribution in [0.4, 0.5) is 0 Å². The van der Waals surface area contributed by atoms with Gasteiger partial charge in [0.2, 0.25) is 0 Å². The van der Waals surface area contributed by atoms with Crippen LogP contribution in [0.25, 0.3) is 0 Å². The van der Waals surface area contributed by atoms with Crippen molar-refractivity contribution >= 4 is 17.8 Å². The first-order valence-electron chi connectivity index (χ1n) is 7.50. The molecule has 1 saturated heterocycles. The summed E-state index contributed by atoms with van der Waals surface area (Å²) < 4.78 is 13.3. The molecule has 0 aromatic rings. The molecule has 0 N–H and O–H groups in total. The third-order valence-electron chi connectivity index (χ3n) is 3.91. The fourth-order valence-corrected chi connectivity index (χ4v) is 5.35. The summed E-state index contributed by atoms with van der Waals surface area (Å²) in [5, 5.41) is 0. The van der Waals surface area contributed by atoms with Crippen molar-refractivity contribution in [2.45, 2.75) is 44.4 Å². The van der Waals surface area contributed by atoms with E-state index in [1.54, 1.807) is 14.2 Å². The maximum absolute atomic E-state index is 5.28. The molecule has 4 nitrogen and oxygen atoms in total. The van der Waals surface area contributed by atoms with E-state index in [4.69, 9.17) is 9.47 Å². The Balaban J connectivity index is 2.19. The fourth-order valence-electron chi connectivity index (χ4n) is 2.58. The summed E-state index contributed by atoms with van der Waals surface area (Å²) in [5.41, 5.74) is 0. The zero-order valence-electron chi connectivity index (χ0n) is 13.4. The van der Waals surface area contributed by atoms with Crippen LogP contribution in [0.1, 0.15) is 12.8 Å². The highest BCUT2D eigenvalue weighted by Crippen LogP contribution is 2.15. The molecule has 0 atom stereocenters. The number of nitrogens with zero attached hydrogens (tertiary/aromatic N) is 2. The quantitative estimate of drug-likeness (QED) is 0.384. The van der Waals surface area contributed by atoms with E-state index in [-0.39, 0.29) is 15.4 Å². The molecule has 6 heteroatoms. The summed E-state index contributed by atoms with van der Waals surface area (Å²) in [6.07, 6.45) is 2.63. The molecule has 1 rings (SSSR count). The SMILES string of the molecule is COC(OC)[SiH2]CCCN1CCCN([Si](C)(C)C)C1. The molecule has 0 aromatic heterocycles. The molecule has 0 radical (unpaired) electrons. The van der Waals surface area contributed by atoms with E-state index in [0.717, 1.165) is 0 Å². The number of rotatable bonds is 8. The summed E-state index contributed by atoms with van der Waals surface area (Å²) in [6.45, 7) is 12.4. The zero-order chi connectivity index (χ0) is 14.3. The summed E-state index contributed by atoms with van der Waals surface area (Å²) in [7, 11) is 2.14. The molecular weight excluding hydrogens is 272 g/mol. The summed E-state index contributed by atoms with van der Waals surface area (Å²) >= 11 is 0. The average Bonchev–Trinajstić information content (AvgIpc) is 2.38. The molecule has 0 bridgehead atoms. The van der Waals surface area contributed by atoms with Crippen molar-refractivity contribution in [3.05, 3.63) is 0 Å². The molecule has 1 fully saturated rings. The van der Waals surface area contributed by atoms with Crippen LogP contribution in [-0.4, -0.2) is 73.7 Å². The van der Waals surface area contributed by atoms with Gasteiger partial charge in [0.1, 0.15) is 14.1 Å². The number of ether oxygens (including phenoxy) is 2. The van der Waals surface area contributed by atoms with Gasteiger partial charge in [-0.2, -0.15) is 0 Å². The second-order valence-electron chi connectivity index (χ2n) is 6.44. The molecule has 0 amide bonds. The van der Waals surface area contributed by atoms with E-state index in [2.05, 4.69) is 29.1 Å². The van der Waals surface area contributed by atoms with Gasteiger partial charge in [0, 0.05) is 27.4 Å². The van der Waals surface area contributed by atoms with E-state index in [1.807, 2.05) is 0 Å². The topological polar surface area (TPSA) is 24.9 Å². The van der Waals surface area contributed by atoms with E-state index in [9.17, 15) is 0 Å². The zero-order valence-corrected chi connectivity index (χ0v) is 15.9. The first kappa shape index (κ1) is 17.3. The normalized spacial score (nSPS) is 19.9. The minimum Gasteiger partial charge on any atom is -0.360 e. The Morgan fingerprint density at radius 1 is 1.16 bits per heavy atom. The monoisotopic (exact) mass is 304 g/mol. The molecule has 1 aliphatic rings. The van der Waals surface area contributed by atoms with Crippen molar-refractivity contribution in [3.63, 3.8) is 0 Å². The van der Waals surface area contributed by atoms with Crippen molar-refractivity contribution < 1.29 is 9.47 Å². The first-order chi connectivity index (χ1) is 8.97. The van der Waals surface area contributed by atoms with Gasteiger partial charge in [-0.15, -0.1) is 0 Å². The number of hydrogen-bond acceptors (Lipinski definition) is 4. The molecule has 0 spiro atoms. The van der Waals surface area contributed by atoms with Crippen LogP contribution in [-0.2, 0) is 9.47 Å². The lowest BCUT2D eigenvalue weighted by molar-refractivity contribution is -0.0441. The van der Waals surface area contributed by atoms with Crippen LogP contribution in [0.2, 0.25) is 25.7 Å². The van der Waals surface area contributed by atoms with Gasteiger partial charge in [-0.05, 0) is 25.9 Å². The van der Waals surface area contributed by atoms with Crippen molar-refractivity contribution in [2.24, 2.45) is 0 Å². The second-order valence-corrected chi connectivity index (χ2v) is 13.4. The summed E-state index contributed by atoms with van der Waals surface area (Å²) in [5.74, 6) is 0.111. The lowest BCUT2D eigenvalue weighted by atomic mass is 10.3. The van der Waals surface area contributed by atoms with Gasteiger partial charge in [0.15, 0.2) is 0 Å². The maximum Gasteiger partial charge on any atom is 0.134 e. The second kappa shape index (κ2) is 8.54. The fraction of sp³-hybridized carbons (Fsp3) is 1.00. The summed E-state index contributed by atoms with van der Waals surface area (Å²) in [6, 6.07) is 1.32. The highest BCUT2D eigenvalue weighted by Gasteiger charge is 2.27. The van der Waals surface area contributed by atoms with Gasteiger partial charge in [0.25, 0.3) is 0 Å². The van der Waals surface area contributed by atoms with Gasteiger partial charge in [-0.25, -0.2) is 0 Å². The lowest BCUT2D eigenvalue weighted by Gasteiger charge is -2.42. The molecule has 0 aliphatic carbocycles. The number of hydrogen-bond donors (Lipinski definition) is 0. The van der Waals surface area contributed by atoms with E-state index < -0.39 is 8.24 Å². The third-order valence-corrected chi connectivity index (χ3v) is 8.22. The predicted molar refractivity (Wildman–Crippen MR) is 86.9 cm³/mol. The molecule has 0 aromatic carbocycles. The molecule has 1 heterocycles. The van der Waals surface area contributed by atoms with E-state index >= 15 is 0 Å². The molecule has 114 valence electrons. The lowest BCUT2D eigenvalue weighted by Crippen LogP contribution is -2.55. The first-order valence-corrected chi connectivity index (χ1v) is 12.8. The van der Waals surface area contributed by atoms with Crippen molar-refractivity contribution in [1.82, 2.24) is 9.47 Å². The largest absolute Gasteiger partial charge is 0.360 e. The van der Waals surface area contributed by atoms with E-state index in [1.165, 1.54) is 45.2 Å². The Bertz CT molecular complexity index is 245.